The first-order valence-corrected chi connectivity index (χ1v) is 4.85. The Morgan fingerprint density at radius 1 is 1.50 bits per heavy atom. The summed E-state index contributed by atoms with van der Waals surface area (Å²) in [7, 11) is 0. The number of benzene rings is 1. The number of ketones is 1. The van der Waals surface area contributed by atoms with Gasteiger partial charge in [-0.2, -0.15) is 0 Å². The molecule has 1 fully saturated rings. The molecule has 0 saturated heterocycles. The van der Waals surface area contributed by atoms with Gasteiger partial charge in [0, 0.05) is 5.56 Å². The Labute approximate surface area is 82.9 Å². The Balaban J connectivity index is 2.49. The van der Waals surface area contributed by atoms with Gasteiger partial charge in [0.25, 0.3) is 0 Å². The van der Waals surface area contributed by atoms with Gasteiger partial charge in [-0.05, 0) is 25.3 Å². The summed E-state index contributed by atoms with van der Waals surface area (Å²) in [4.78, 5) is 11.5. The third kappa shape index (κ3) is 1.10. The van der Waals surface area contributed by atoms with Gasteiger partial charge in [-0.25, -0.2) is 4.39 Å². The first kappa shape index (κ1) is 9.38. The molecule has 0 bridgehead atoms. The number of halogens is 1. The average Bonchev–Trinajstić information content (AvgIpc) is 2.79. The van der Waals surface area contributed by atoms with Gasteiger partial charge in [0.2, 0.25) is 0 Å². The topological polar surface area (TPSA) is 17.1 Å². The first-order valence-electron chi connectivity index (χ1n) is 4.85. The summed E-state index contributed by atoms with van der Waals surface area (Å²) in [6, 6.07) is 6.58. The molecule has 2 rings (SSSR count). The van der Waals surface area contributed by atoms with Crippen LogP contribution in [-0.4, -0.2) is 5.78 Å². The number of hydrogen-bond acceptors (Lipinski definition) is 1. The van der Waals surface area contributed by atoms with Gasteiger partial charge in [0.1, 0.15) is 11.6 Å². The van der Waals surface area contributed by atoms with Gasteiger partial charge in [0.15, 0.2) is 0 Å². The van der Waals surface area contributed by atoms with Crippen molar-refractivity contribution in [2.24, 2.45) is 5.92 Å². The number of hydrogen-bond donors (Lipinski definition) is 0. The predicted molar refractivity (Wildman–Crippen MR) is 52.5 cm³/mol. The lowest BCUT2D eigenvalue weighted by molar-refractivity contribution is -0.119. The predicted octanol–water partition coefficient (Wildman–Crippen LogP) is 2.69. The molecule has 1 aromatic rings. The van der Waals surface area contributed by atoms with Gasteiger partial charge in [-0.3, -0.25) is 4.79 Å². The van der Waals surface area contributed by atoms with Gasteiger partial charge in [-0.15, -0.1) is 0 Å². The van der Waals surface area contributed by atoms with Crippen molar-refractivity contribution in [3.63, 3.8) is 0 Å². The van der Waals surface area contributed by atoms with Gasteiger partial charge in [-0.1, -0.05) is 25.1 Å². The summed E-state index contributed by atoms with van der Waals surface area (Å²) in [5.41, 5.74) is 0.0470. The largest absolute Gasteiger partial charge is 0.299 e. The van der Waals surface area contributed by atoms with Crippen LogP contribution in [0.1, 0.15) is 25.8 Å². The molecule has 1 aliphatic carbocycles. The molecule has 1 aromatic carbocycles. The van der Waals surface area contributed by atoms with E-state index in [0.29, 0.717) is 5.56 Å². The smallest absolute Gasteiger partial charge is 0.140 e. The molecule has 0 spiro atoms. The maximum atomic E-state index is 13.5. The lowest BCUT2D eigenvalue weighted by Gasteiger charge is -2.13. The summed E-state index contributed by atoms with van der Waals surface area (Å²) in [5.74, 6) is 0.0963. The normalized spacial score (nSPS) is 30.1. The first-order chi connectivity index (χ1) is 6.59. The SMILES string of the molecule is CC(=O)C1(c2ccccc2F)CC1C. The molecular weight excluding hydrogens is 179 g/mol. The lowest BCUT2D eigenvalue weighted by Crippen LogP contribution is -2.20. The quantitative estimate of drug-likeness (QED) is 0.704. The zero-order valence-corrected chi connectivity index (χ0v) is 8.38. The fourth-order valence-corrected chi connectivity index (χ4v) is 2.30. The van der Waals surface area contributed by atoms with E-state index in [1.54, 1.807) is 25.1 Å². The van der Waals surface area contributed by atoms with Crippen molar-refractivity contribution < 1.29 is 9.18 Å². The molecule has 0 N–H and O–H groups in total. The van der Waals surface area contributed by atoms with E-state index < -0.39 is 5.41 Å². The van der Waals surface area contributed by atoms with Crippen LogP contribution in [-0.2, 0) is 10.2 Å². The number of carbonyl (C=O) groups is 1. The number of Topliss-reactive ketones (excluding diaryl/α,β-unsaturated/α-hetero) is 1. The Morgan fingerprint density at radius 2 is 2.07 bits per heavy atom. The second kappa shape index (κ2) is 2.91. The van der Waals surface area contributed by atoms with Gasteiger partial charge >= 0.3 is 0 Å². The van der Waals surface area contributed by atoms with Crippen LogP contribution < -0.4 is 0 Å². The van der Waals surface area contributed by atoms with Crippen LogP contribution in [0.2, 0.25) is 0 Å². The minimum absolute atomic E-state index is 0.0788. The van der Waals surface area contributed by atoms with Crippen molar-refractivity contribution in [3.8, 4) is 0 Å². The molecule has 1 saturated carbocycles. The zero-order valence-electron chi connectivity index (χ0n) is 8.38. The molecular formula is C12H13FO. The minimum Gasteiger partial charge on any atom is -0.299 e. The fourth-order valence-electron chi connectivity index (χ4n) is 2.30. The summed E-state index contributed by atoms with van der Waals surface area (Å²) >= 11 is 0. The molecule has 0 radical (unpaired) electrons. The molecule has 1 nitrogen and oxygen atoms in total. The standard InChI is InChI=1S/C12H13FO/c1-8-7-12(8,9(2)14)10-5-3-4-6-11(10)13/h3-6,8H,7H2,1-2H3. The van der Waals surface area contributed by atoms with Crippen molar-refractivity contribution in [2.45, 2.75) is 25.7 Å². The van der Waals surface area contributed by atoms with E-state index in [1.807, 2.05) is 6.92 Å². The second-order valence-corrected chi connectivity index (χ2v) is 4.11. The third-order valence-corrected chi connectivity index (χ3v) is 3.29. The van der Waals surface area contributed by atoms with Crippen molar-refractivity contribution >= 4 is 5.78 Å². The highest BCUT2D eigenvalue weighted by Gasteiger charge is 2.57. The summed E-state index contributed by atoms with van der Waals surface area (Å²) < 4.78 is 13.5. The van der Waals surface area contributed by atoms with E-state index in [-0.39, 0.29) is 17.5 Å². The molecule has 2 unspecified atom stereocenters. The van der Waals surface area contributed by atoms with Crippen LogP contribution in [0.3, 0.4) is 0 Å². The fraction of sp³-hybridized carbons (Fsp3) is 0.417. The van der Waals surface area contributed by atoms with E-state index >= 15 is 0 Å². The molecule has 2 heteroatoms. The van der Waals surface area contributed by atoms with Crippen molar-refractivity contribution in [1.29, 1.82) is 0 Å². The van der Waals surface area contributed by atoms with Crippen LogP contribution in [0.5, 0.6) is 0 Å². The number of carbonyl (C=O) groups excluding carboxylic acids is 1. The molecule has 0 aliphatic heterocycles. The maximum absolute atomic E-state index is 13.5. The summed E-state index contributed by atoms with van der Waals surface area (Å²) in [5, 5.41) is 0. The highest BCUT2D eigenvalue weighted by atomic mass is 19.1. The monoisotopic (exact) mass is 192 g/mol. The van der Waals surface area contributed by atoms with Crippen molar-refractivity contribution in [1.82, 2.24) is 0 Å². The number of rotatable bonds is 2. The van der Waals surface area contributed by atoms with Gasteiger partial charge in [0.05, 0.1) is 5.41 Å². The summed E-state index contributed by atoms with van der Waals surface area (Å²) in [6.07, 6.45) is 0.781. The molecule has 1 aliphatic rings. The Bertz CT molecular complexity index is 386. The third-order valence-electron chi connectivity index (χ3n) is 3.29. The van der Waals surface area contributed by atoms with E-state index in [2.05, 4.69) is 0 Å². The molecule has 0 aromatic heterocycles. The molecule has 2 atom stereocenters. The van der Waals surface area contributed by atoms with E-state index in [4.69, 9.17) is 0 Å². The minimum atomic E-state index is -0.522. The maximum Gasteiger partial charge on any atom is 0.140 e. The molecule has 74 valence electrons. The van der Waals surface area contributed by atoms with E-state index in [9.17, 15) is 9.18 Å². The van der Waals surface area contributed by atoms with Crippen LogP contribution in [0.25, 0.3) is 0 Å². The van der Waals surface area contributed by atoms with Crippen molar-refractivity contribution in [3.05, 3.63) is 35.6 Å². The average molecular weight is 192 g/mol. The van der Waals surface area contributed by atoms with Crippen molar-refractivity contribution in [2.75, 3.05) is 0 Å². The lowest BCUT2D eigenvalue weighted by atomic mass is 9.89. The Kier molecular flexibility index (Phi) is 1.95. The van der Waals surface area contributed by atoms with Crippen LogP contribution in [0, 0.1) is 11.7 Å². The Hall–Kier alpha value is -1.18. The van der Waals surface area contributed by atoms with Crippen LogP contribution in [0.15, 0.2) is 24.3 Å². The van der Waals surface area contributed by atoms with E-state index in [0.717, 1.165) is 6.42 Å². The van der Waals surface area contributed by atoms with Crippen LogP contribution >= 0.6 is 0 Å². The zero-order chi connectivity index (χ0) is 10.3. The van der Waals surface area contributed by atoms with Crippen LogP contribution in [0.4, 0.5) is 4.39 Å². The molecule has 14 heavy (non-hydrogen) atoms. The molecule has 0 amide bonds. The van der Waals surface area contributed by atoms with Gasteiger partial charge < -0.3 is 0 Å². The van der Waals surface area contributed by atoms with E-state index in [1.165, 1.54) is 6.07 Å². The highest BCUT2D eigenvalue weighted by molar-refractivity contribution is 5.91. The highest BCUT2D eigenvalue weighted by Crippen LogP contribution is 2.55. The summed E-state index contributed by atoms with van der Waals surface area (Å²) in [6.45, 7) is 3.55. The molecule has 0 heterocycles. The second-order valence-electron chi connectivity index (χ2n) is 4.11. The Morgan fingerprint density at radius 3 is 2.50 bits per heavy atom.